The van der Waals surface area contributed by atoms with Gasteiger partial charge in [-0.1, -0.05) is 5.92 Å². The fourth-order valence-electron chi connectivity index (χ4n) is 3.42. The maximum Gasteiger partial charge on any atom is 0.330 e. The number of ether oxygens (including phenoxy) is 2. The topological polar surface area (TPSA) is 121 Å². The molecule has 1 aromatic carbocycles. The molecule has 1 aliphatic rings. The molecule has 0 amide bonds. The minimum Gasteiger partial charge on any atom is -0.462 e. The maximum atomic E-state index is 13.3. The lowest BCUT2D eigenvalue weighted by Gasteiger charge is -2.27. The van der Waals surface area contributed by atoms with Crippen LogP contribution >= 0.6 is 6.64 Å². The van der Waals surface area contributed by atoms with Crippen molar-refractivity contribution in [2.75, 3.05) is 6.61 Å². The van der Waals surface area contributed by atoms with Gasteiger partial charge in [0, 0.05) is 12.3 Å². The van der Waals surface area contributed by atoms with Gasteiger partial charge in [0.25, 0.3) is 5.56 Å². The summed E-state index contributed by atoms with van der Waals surface area (Å²) in [5.41, 5.74) is -1.19. The van der Waals surface area contributed by atoms with E-state index in [2.05, 4.69) is 16.0 Å². The van der Waals surface area contributed by atoms with Gasteiger partial charge in [-0.2, -0.15) is 0 Å². The first-order valence-corrected chi connectivity index (χ1v) is 13.7. The zero-order chi connectivity index (χ0) is 26.5. The molecule has 0 aliphatic carbocycles. The molecule has 2 N–H and O–H groups in total. The number of H-pyrrole nitrogens is 1. The van der Waals surface area contributed by atoms with Crippen LogP contribution < -0.4 is 20.9 Å². The first-order valence-electron chi connectivity index (χ1n) is 11.1. The highest BCUT2D eigenvalue weighted by atomic mass is 32.5. The molecule has 3 rings (SSSR count). The number of nitrogens with zero attached hydrogens (tertiary/aromatic N) is 1. The summed E-state index contributed by atoms with van der Waals surface area (Å²) < 4.78 is 37.6. The third-order valence-corrected chi connectivity index (χ3v) is 7.56. The molecule has 1 saturated heterocycles. The number of halogens is 1. The second-order valence-electron chi connectivity index (χ2n) is 8.35. The molecule has 194 valence electrons. The van der Waals surface area contributed by atoms with Crippen LogP contribution in [0, 0.1) is 24.1 Å². The number of carbonyl (C=O) groups excluding carboxylic acids is 1. The Bertz CT molecular complexity index is 1270. The lowest BCUT2D eigenvalue weighted by molar-refractivity contribution is -0.149. The summed E-state index contributed by atoms with van der Waals surface area (Å²) in [6, 6.07) is 5.51. The summed E-state index contributed by atoms with van der Waals surface area (Å²) in [4.78, 5) is 38.1. The van der Waals surface area contributed by atoms with Crippen LogP contribution in [0.3, 0.4) is 0 Å². The van der Waals surface area contributed by atoms with E-state index in [4.69, 9.17) is 36.8 Å². The summed E-state index contributed by atoms with van der Waals surface area (Å²) in [6.45, 7) is 1.53. The van der Waals surface area contributed by atoms with Gasteiger partial charge in [-0.05, 0) is 63.3 Å². The van der Waals surface area contributed by atoms with E-state index in [1.165, 1.54) is 41.1 Å². The fraction of sp³-hybridized carbons (Fsp3) is 0.435. The van der Waals surface area contributed by atoms with Gasteiger partial charge in [0.05, 0.1) is 24.7 Å². The Kier molecular flexibility index (Phi) is 9.22. The molecule has 1 aromatic heterocycles. The first-order chi connectivity index (χ1) is 17.0. The zero-order valence-corrected chi connectivity index (χ0v) is 21.6. The van der Waals surface area contributed by atoms with Gasteiger partial charge in [-0.3, -0.25) is 19.1 Å². The van der Waals surface area contributed by atoms with Crippen LogP contribution in [0.1, 0.15) is 33.4 Å². The van der Waals surface area contributed by atoms with Crippen molar-refractivity contribution in [1.29, 1.82) is 0 Å². The van der Waals surface area contributed by atoms with Gasteiger partial charge in [-0.25, -0.2) is 14.3 Å². The summed E-state index contributed by atoms with van der Waals surface area (Å²) in [7, 11) is 0. The van der Waals surface area contributed by atoms with Gasteiger partial charge >= 0.3 is 18.3 Å². The van der Waals surface area contributed by atoms with Crippen LogP contribution in [0.4, 0.5) is 4.39 Å². The van der Waals surface area contributed by atoms with Crippen molar-refractivity contribution in [1.82, 2.24) is 14.6 Å². The Morgan fingerprint density at radius 3 is 2.64 bits per heavy atom. The largest absolute Gasteiger partial charge is 0.462 e. The second-order valence-corrected chi connectivity index (χ2v) is 11.5. The van der Waals surface area contributed by atoms with Crippen LogP contribution in [0.5, 0.6) is 5.75 Å². The number of terminal acetylenes is 1. The molecule has 0 spiro atoms. The van der Waals surface area contributed by atoms with Crippen molar-refractivity contribution in [3.8, 4) is 18.1 Å². The van der Waals surface area contributed by atoms with E-state index >= 15 is 0 Å². The smallest absolute Gasteiger partial charge is 0.330 e. The molecular weight excluding hydrogens is 512 g/mol. The van der Waals surface area contributed by atoms with E-state index in [0.29, 0.717) is 6.42 Å². The van der Waals surface area contributed by atoms with E-state index in [9.17, 15) is 18.8 Å². The molecule has 5 atom stereocenters. The number of hydrogen-bond acceptors (Lipinski definition) is 8. The van der Waals surface area contributed by atoms with Crippen LogP contribution in [0.15, 0.2) is 46.1 Å². The Hall–Kier alpha value is -2.81. The molecule has 0 bridgehead atoms. The molecule has 2 aromatic rings. The maximum absolute atomic E-state index is 13.3. The highest BCUT2D eigenvalue weighted by molar-refractivity contribution is 8.09. The zero-order valence-electron chi connectivity index (χ0n) is 19.9. The van der Waals surface area contributed by atoms with Crippen LogP contribution in [0.2, 0.25) is 0 Å². The monoisotopic (exact) mass is 539 g/mol. The van der Waals surface area contributed by atoms with E-state index in [1.807, 2.05) is 0 Å². The van der Waals surface area contributed by atoms with Crippen molar-refractivity contribution in [3.05, 3.63) is 63.2 Å². The molecule has 13 heteroatoms. The average molecular weight is 540 g/mol. The SMILES string of the molecule is C#CC1C[C@@H](COP(=S)(N[C@@H](C)C(=O)OC(C)C)Oc2ccc(F)cc2)O[C@H]1n1ccc(=O)[nH]c1=O. The van der Waals surface area contributed by atoms with E-state index in [1.54, 1.807) is 20.8 Å². The molecular formula is C23H27FN3O7PS. The standard InChI is InChI=1S/C23H27FN3O7PS/c1-5-16-12-19(33-21(16)27-11-10-20(28)25-23(27)30)13-31-35(36,26-15(4)22(29)32-14(2)3)34-18-8-6-17(24)7-9-18/h1,6-11,14-16,19,21H,12-13H2,2-4H3,(H,26,36)(H,25,28,30)/t15-,16?,19-,21+,35?/m0/s1. The molecule has 1 aliphatic heterocycles. The molecule has 0 radical (unpaired) electrons. The Morgan fingerprint density at radius 1 is 1.33 bits per heavy atom. The van der Waals surface area contributed by atoms with Gasteiger partial charge in [0.2, 0.25) is 0 Å². The van der Waals surface area contributed by atoms with Crippen molar-refractivity contribution < 1.29 is 27.7 Å². The molecule has 10 nitrogen and oxygen atoms in total. The summed E-state index contributed by atoms with van der Waals surface area (Å²) in [5.74, 6) is 1.35. The fourth-order valence-corrected chi connectivity index (χ4v) is 5.86. The molecule has 2 unspecified atom stereocenters. The number of aromatic nitrogens is 2. The summed E-state index contributed by atoms with van der Waals surface area (Å²) in [6.07, 6.45) is 5.56. The third kappa shape index (κ3) is 7.35. The Morgan fingerprint density at radius 2 is 2.03 bits per heavy atom. The third-order valence-electron chi connectivity index (χ3n) is 5.06. The van der Waals surface area contributed by atoms with Crippen LogP contribution in [0.25, 0.3) is 0 Å². The number of benzene rings is 1. The van der Waals surface area contributed by atoms with Crippen LogP contribution in [-0.4, -0.2) is 40.4 Å². The first kappa shape index (κ1) is 27.8. The van der Waals surface area contributed by atoms with Gasteiger partial charge in [-0.15, -0.1) is 6.42 Å². The number of rotatable bonds is 10. The van der Waals surface area contributed by atoms with Crippen molar-refractivity contribution in [2.24, 2.45) is 5.92 Å². The van der Waals surface area contributed by atoms with E-state index < -0.39 is 54.0 Å². The highest BCUT2D eigenvalue weighted by Gasteiger charge is 2.38. The minimum absolute atomic E-state index is 0.0792. The summed E-state index contributed by atoms with van der Waals surface area (Å²) >= 11 is 5.64. The Labute approximate surface area is 212 Å². The highest BCUT2D eigenvalue weighted by Crippen LogP contribution is 2.46. The quantitative estimate of drug-likeness (QED) is 0.267. The lowest BCUT2D eigenvalue weighted by Crippen LogP contribution is -2.36. The number of hydrogen-bond donors (Lipinski definition) is 2. The number of aromatic amines is 1. The predicted molar refractivity (Wildman–Crippen MR) is 133 cm³/mol. The normalized spacial score (nSPS) is 21.9. The Balaban J connectivity index is 1.75. The number of nitrogens with one attached hydrogen (secondary N) is 2. The van der Waals surface area contributed by atoms with Crippen LogP contribution in [-0.2, 0) is 30.6 Å². The summed E-state index contributed by atoms with van der Waals surface area (Å²) in [5, 5.41) is 2.89. The molecule has 1 fully saturated rings. The number of carbonyl (C=O) groups is 1. The predicted octanol–water partition coefficient (Wildman–Crippen LogP) is 2.46. The van der Waals surface area contributed by atoms with Gasteiger partial charge in [0.1, 0.15) is 17.6 Å². The van der Waals surface area contributed by atoms with E-state index in [-0.39, 0.29) is 18.5 Å². The van der Waals surface area contributed by atoms with Gasteiger partial charge < -0.3 is 18.5 Å². The van der Waals surface area contributed by atoms with E-state index in [0.717, 1.165) is 0 Å². The lowest BCUT2D eigenvalue weighted by atomic mass is 10.0. The second kappa shape index (κ2) is 12.0. The number of esters is 1. The molecule has 36 heavy (non-hydrogen) atoms. The molecule has 2 heterocycles. The van der Waals surface area contributed by atoms with Gasteiger partial charge in [0.15, 0.2) is 6.23 Å². The minimum atomic E-state index is -3.39. The van der Waals surface area contributed by atoms with Crippen molar-refractivity contribution in [2.45, 2.75) is 51.7 Å². The van der Waals surface area contributed by atoms with Crippen molar-refractivity contribution >= 4 is 24.4 Å². The van der Waals surface area contributed by atoms with Crippen molar-refractivity contribution in [3.63, 3.8) is 0 Å². The molecule has 0 saturated carbocycles. The average Bonchev–Trinajstić information content (AvgIpc) is 3.22.